The number of fused-ring (bicyclic) bond motifs is 6. The van der Waals surface area contributed by atoms with Crippen molar-refractivity contribution < 1.29 is 34.1 Å². The number of aliphatic hydroxyl groups is 2. The van der Waals surface area contributed by atoms with Gasteiger partial charge in [-0.3, -0.25) is 14.4 Å². The van der Waals surface area contributed by atoms with Crippen LogP contribution in [0.1, 0.15) is 56.3 Å². The maximum absolute atomic E-state index is 12.3. The molecule has 0 aromatic heterocycles. The van der Waals surface area contributed by atoms with Crippen LogP contribution >= 0.6 is 0 Å². The van der Waals surface area contributed by atoms with Gasteiger partial charge in [0.25, 0.3) is 0 Å². The van der Waals surface area contributed by atoms with Crippen molar-refractivity contribution in [2.24, 2.45) is 34.5 Å². The summed E-state index contributed by atoms with van der Waals surface area (Å²) < 4.78 is 10.1. The molecule has 1 aliphatic heterocycles. The first-order valence-electron chi connectivity index (χ1n) is 12.8. The Kier molecular flexibility index (Phi) is 6.41. The molecule has 1 heterocycles. The highest BCUT2D eigenvalue weighted by Crippen LogP contribution is 2.66. The smallest absolute Gasteiger partial charge is 0.231 e. The summed E-state index contributed by atoms with van der Waals surface area (Å²) in [5, 5.41) is 20.5. The SMILES string of the molecule is CC12C=CC(=O)C=C1CCC1C2C(O)CC2(C)C(C(=O)CO)CCC12.O=Cc1ccc2c(c1)OCO2. The quantitative estimate of drug-likeness (QED) is 0.617. The van der Waals surface area contributed by atoms with Gasteiger partial charge in [-0.1, -0.05) is 25.5 Å². The van der Waals surface area contributed by atoms with Gasteiger partial charge in [0, 0.05) is 22.8 Å². The summed E-state index contributed by atoms with van der Waals surface area (Å²) >= 11 is 0. The zero-order chi connectivity index (χ0) is 25.7. The molecule has 7 atom stereocenters. The van der Waals surface area contributed by atoms with E-state index in [0.717, 1.165) is 37.5 Å². The number of aliphatic hydroxyl groups excluding tert-OH is 2. The molecule has 0 amide bonds. The summed E-state index contributed by atoms with van der Waals surface area (Å²) in [6.45, 7) is 4.16. The highest BCUT2D eigenvalue weighted by atomic mass is 16.7. The number of hydrogen-bond acceptors (Lipinski definition) is 7. The number of ether oxygens (including phenoxy) is 2. The third-order valence-corrected chi connectivity index (χ3v) is 9.57. The van der Waals surface area contributed by atoms with E-state index < -0.39 is 12.7 Å². The molecule has 7 unspecified atom stereocenters. The Bertz CT molecular complexity index is 1140. The molecule has 3 fully saturated rings. The molecule has 4 aliphatic carbocycles. The van der Waals surface area contributed by atoms with Crippen LogP contribution < -0.4 is 9.47 Å². The van der Waals surface area contributed by atoms with Crippen molar-refractivity contribution in [3.63, 3.8) is 0 Å². The van der Waals surface area contributed by atoms with E-state index in [9.17, 15) is 24.6 Å². The average Bonchev–Trinajstić information content (AvgIpc) is 3.47. The highest BCUT2D eigenvalue weighted by Gasteiger charge is 2.62. The summed E-state index contributed by atoms with van der Waals surface area (Å²) in [5.41, 5.74) is 1.29. The second kappa shape index (κ2) is 9.27. The minimum Gasteiger partial charge on any atom is -0.454 e. The normalized spacial score (nSPS) is 37.6. The molecule has 5 aliphatic rings. The molecule has 0 spiro atoms. The number of aldehydes is 1. The van der Waals surface area contributed by atoms with Crippen molar-refractivity contribution in [1.82, 2.24) is 0 Å². The predicted octanol–water partition coefficient (Wildman–Crippen LogP) is 3.67. The van der Waals surface area contributed by atoms with Crippen LogP contribution in [0, 0.1) is 34.5 Å². The fraction of sp³-hybridized carbons (Fsp3) is 0.552. The summed E-state index contributed by atoms with van der Waals surface area (Å²) in [4.78, 5) is 34.4. The van der Waals surface area contributed by atoms with Crippen molar-refractivity contribution in [1.29, 1.82) is 0 Å². The van der Waals surface area contributed by atoms with Crippen LogP contribution in [0.3, 0.4) is 0 Å². The Morgan fingerprint density at radius 2 is 1.94 bits per heavy atom. The zero-order valence-electron chi connectivity index (χ0n) is 20.8. The largest absolute Gasteiger partial charge is 0.454 e. The third-order valence-electron chi connectivity index (χ3n) is 9.57. The van der Waals surface area contributed by atoms with Crippen molar-refractivity contribution in [2.75, 3.05) is 13.4 Å². The molecule has 1 aromatic rings. The zero-order valence-corrected chi connectivity index (χ0v) is 20.8. The number of allylic oxidation sites excluding steroid dienone is 4. The molecule has 0 radical (unpaired) electrons. The van der Waals surface area contributed by atoms with Crippen molar-refractivity contribution in [3.05, 3.63) is 47.6 Å². The second-order valence-electron chi connectivity index (χ2n) is 11.3. The Hall–Kier alpha value is -2.77. The van der Waals surface area contributed by atoms with E-state index in [1.165, 1.54) is 0 Å². The fourth-order valence-corrected chi connectivity index (χ4v) is 7.95. The van der Waals surface area contributed by atoms with Crippen LogP contribution in [0.2, 0.25) is 0 Å². The molecule has 0 saturated heterocycles. The molecule has 1 aromatic carbocycles. The Morgan fingerprint density at radius 3 is 2.69 bits per heavy atom. The summed E-state index contributed by atoms with van der Waals surface area (Å²) in [6.07, 6.45) is 10.0. The number of rotatable bonds is 3. The fourth-order valence-electron chi connectivity index (χ4n) is 7.95. The van der Waals surface area contributed by atoms with Gasteiger partial charge < -0.3 is 19.7 Å². The summed E-state index contributed by atoms with van der Waals surface area (Å²) in [6, 6.07) is 5.09. The maximum atomic E-state index is 12.3. The molecule has 7 nitrogen and oxygen atoms in total. The maximum Gasteiger partial charge on any atom is 0.231 e. The van der Waals surface area contributed by atoms with Gasteiger partial charge in [-0.2, -0.15) is 0 Å². The Labute approximate surface area is 211 Å². The molecular formula is C29H34O7. The van der Waals surface area contributed by atoms with Gasteiger partial charge >= 0.3 is 0 Å². The minimum atomic E-state index is -0.482. The van der Waals surface area contributed by atoms with Crippen LogP contribution in [0.4, 0.5) is 0 Å². The van der Waals surface area contributed by atoms with E-state index in [-0.39, 0.29) is 41.0 Å². The topological polar surface area (TPSA) is 110 Å². The number of benzene rings is 1. The van der Waals surface area contributed by atoms with Gasteiger partial charge in [0.1, 0.15) is 12.9 Å². The van der Waals surface area contributed by atoms with Gasteiger partial charge in [-0.25, -0.2) is 0 Å². The van der Waals surface area contributed by atoms with Crippen LogP contribution in [-0.4, -0.2) is 47.6 Å². The van der Waals surface area contributed by atoms with Gasteiger partial charge in [0.15, 0.2) is 23.1 Å². The first-order chi connectivity index (χ1) is 17.2. The molecule has 3 saturated carbocycles. The van der Waals surface area contributed by atoms with E-state index in [2.05, 4.69) is 13.8 Å². The molecule has 2 N–H and O–H groups in total. The number of carbonyl (C=O) groups excluding carboxylic acids is 3. The van der Waals surface area contributed by atoms with Crippen LogP contribution in [0.15, 0.2) is 42.0 Å². The number of ketones is 2. The lowest BCUT2D eigenvalue weighted by molar-refractivity contribution is -0.141. The highest BCUT2D eigenvalue weighted by molar-refractivity contribution is 6.01. The van der Waals surface area contributed by atoms with Crippen LogP contribution in [-0.2, 0) is 9.59 Å². The summed E-state index contributed by atoms with van der Waals surface area (Å²) in [7, 11) is 0. The monoisotopic (exact) mass is 494 g/mol. The number of Topliss-reactive ketones (excluding diaryl/α,β-unsaturated/α-hetero) is 1. The average molecular weight is 495 g/mol. The summed E-state index contributed by atoms with van der Waals surface area (Å²) in [5.74, 6) is 2.09. The molecule has 0 bridgehead atoms. The molecule has 6 rings (SSSR count). The Balaban J connectivity index is 0.000000202. The van der Waals surface area contributed by atoms with E-state index in [1.807, 2.05) is 6.08 Å². The van der Waals surface area contributed by atoms with E-state index in [0.29, 0.717) is 35.3 Å². The lowest BCUT2D eigenvalue weighted by Gasteiger charge is -2.58. The number of hydrogen-bond donors (Lipinski definition) is 2. The van der Waals surface area contributed by atoms with E-state index >= 15 is 0 Å². The first-order valence-corrected chi connectivity index (χ1v) is 12.8. The van der Waals surface area contributed by atoms with Crippen LogP contribution in [0.25, 0.3) is 0 Å². The molecular weight excluding hydrogens is 460 g/mol. The van der Waals surface area contributed by atoms with Gasteiger partial charge in [0.05, 0.1) is 6.10 Å². The minimum absolute atomic E-state index is 0.0514. The van der Waals surface area contributed by atoms with E-state index in [1.54, 1.807) is 30.4 Å². The first kappa shape index (κ1) is 24.9. The standard InChI is InChI=1S/C21H28O4.C8H6O3/c1-20-8-7-13(23)9-12(20)3-4-14-15-5-6-16(18(25)11-22)21(15,2)10-17(24)19(14)20;9-4-6-1-2-7-8(3-6)11-5-10-7/h7-9,14-17,19,22,24H,3-6,10-11H2,1-2H3;1-4H,5H2. The van der Waals surface area contributed by atoms with Crippen molar-refractivity contribution in [3.8, 4) is 11.5 Å². The van der Waals surface area contributed by atoms with Crippen molar-refractivity contribution >= 4 is 17.9 Å². The van der Waals surface area contributed by atoms with Crippen molar-refractivity contribution in [2.45, 2.75) is 52.1 Å². The Morgan fingerprint density at radius 1 is 1.17 bits per heavy atom. The van der Waals surface area contributed by atoms with Crippen LogP contribution in [0.5, 0.6) is 11.5 Å². The second-order valence-corrected chi connectivity index (χ2v) is 11.3. The van der Waals surface area contributed by atoms with Gasteiger partial charge in [-0.15, -0.1) is 0 Å². The molecule has 7 heteroatoms. The number of carbonyl (C=O) groups is 3. The van der Waals surface area contributed by atoms with E-state index in [4.69, 9.17) is 9.47 Å². The third kappa shape index (κ3) is 3.93. The lowest BCUT2D eigenvalue weighted by Crippen LogP contribution is -2.56. The predicted molar refractivity (Wildman–Crippen MR) is 132 cm³/mol. The van der Waals surface area contributed by atoms with Gasteiger partial charge in [-0.05, 0) is 79.7 Å². The van der Waals surface area contributed by atoms with Gasteiger partial charge in [0.2, 0.25) is 6.79 Å². The molecule has 36 heavy (non-hydrogen) atoms. The lowest BCUT2D eigenvalue weighted by atomic mass is 9.46. The molecule has 192 valence electrons.